The van der Waals surface area contributed by atoms with Crippen molar-refractivity contribution in [2.75, 3.05) is 13.1 Å². The smallest absolute Gasteiger partial charge is 0.0578 e. The molecule has 2 rings (SSSR count). The number of piperidine rings is 1. The fourth-order valence-corrected chi connectivity index (χ4v) is 3.95. The van der Waals surface area contributed by atoms with Crippen molar-refractivity contribution in [1.29, 1.82) is 0 Å². The standard InChI is InChI=1S/C17H34N2O/c1-4-13(3)19-11-14(17(20)5-2)10-16(12-19)18-15-8-6-7-9-15/h13-18,20H,4-12H2,1-3H3. The molecule has 1 heterocycles. The topological polar surface area (TPSA) is 35.5 Å². The van der Waals surface area contributed by atoms with Crippen molar-refractivity contribution in [2.24, 2.45) is 5.92 Å². The van der Waals surface area contributed by atoms with Crippen LogP contribution in [0.4, 0.5) is 0 Å². The van der Waals surface area contributed by atoms with E-state index in [4.69, 9.17) is 0 Å². The molecule has 3 nitrogen and oxygen atoms in total. The SMILES string of the molecule is CCC(O)C1CC(NC2CCCC2)CN(C(C)CC)C1. The highest BCUT2D eigenvalue weighted by Gasteiger charge is 2.33. The first-order valence-electron chi connectivity index (χ1n) is 8.82. The Balaban J connectivity index is 1.95. The highest BCUT2D eigenvalue weighted by Crippen LogP contribution is 2.26. The Bertz CT molecular complexity index is 260. The van der Waals surface area contributed by atoms with Gasteiger partial charge in [-0.2, -0.15) is 0 Å². The van der Waals surface area contributed by atoms with E-state index in [9.17, 15) is 5.11 Å². The molecule has 3 heteroatoms. The van der Waals surface area contributed by atoms with Gasteiger partial charge in [0.25, 0.3) is 0 Å². The number of hydrogen-bond acceptors (Lipinski definition) is 3. The van der Waals surface area contributed by atoms with Crippen LogP contribution in [0, 0.1) is 5.92 Å². The van der Waals surface area contributed by atoms with Gasteiger partial charge in [0.2, 0.25) is 0 Å². The predicted octanol–water partition coefficient (Wildman–Crippen LogP) is 2.78. The number of nitrogens with zero attached hydrogens (tertiary/aromatic N) is 1. The van der Waals surface area contributed by atoms with Crippen molar-refractivity contribution in [3.8, 4) is 0 Å². The molecule has 4 unspecified atom stereocenters. The maximum atomic E-state index is 10.3. The summed E-state index contributed by atoms with van der Waals surface area (Å²) >= 11 is 0. The van der Waals surface area contributed by atoms with E-state index in [2.05, 4.69) is 31.0 Å². The largest absolute Gasteiger partial charge is 0.393 e. The van der Waals surface area contributed by atoms with Gasteiger partial charge in [0, 0.05) is 31.2 Å². The summed E-state index contributed by atoms with van der Waals surface area (Å²) in [5.41, 5.74) is 0. The zero-order valence-electron chi connectivity index (χ0n) is 13.6. The normalized spacial score (nSPS) is 32.4. The Labute approximate surface area is 125 Å². The molecule has 0 aromatic heterocycles. The van der Waals surface area contributed by atoms with E-state index in [0.717, 1.165) is 25.4 Å². The second-order valence-corrected chi connectivity index (χ2v) is 7.03. The highest BCUT2D eigenvalue weighted by molar-refractivity contribution is 4.90. The first-order chi connectivity index (χ1) is 9.63. The molecule has 20 heavy (non-hydrogen) atoms. The molecule has 1 aliphatic heterocycles. The van der Waals surface area contributed by atoms with Gasteiger partial charge >= 0.3 is 0 Å². The molecule has 0 bridgehead atoms. The van der Waals surface area contributed by atoms with Crippen LogP contribution >= 0.6 is 0 Å². The van der Waals surface area contributed by atoms with E-state index >= 15 is 0 Å². The van der Waals surface area contributed by atoms with Gasteiger partial charge < -0.3 is 10.4 Å². The van der Waals surface area contributed by atoms with Crippen molar-refractivity contribution in [2.45, 2.75) is 89.9 Å². The van der Waals surface area contributed by atoms with Crippen molar-refractivity contribution < 1.29 is 5.11 Å². The third-order valence-electron chi connectivity index (χ3n) is 5.51. The average Bonchev–Trinajstić information content (AvgIpc) is 2.98. The lowest BCUT2D eigenvalue weighted by Crippen LogP contribution is -2.55. The van der Waals surface area contributed by atoms with Crippen molar-refractivity contribution in [3.63, 3.8) is 0 Å². The van der Waals surface area contributed by atoms with Gasteiger partial charge in [-0.3, -0.25) is 4.90 Å². The molecular weight excluding hydrogens is 248 g/mol. The van der Waals surface area contributed by atoms with E-state index in [0.29, 0.717) is 18.0 Å². The molecule has 2 N–H and O–H groups in total. The Morgan fingerprint density at radius 2 is 1.80 bits per heavy atom. The molecule has 0 spiro atoms. The molecule has 0 aromatic carbocycles. The van der Waals surface area contributed by atoms with Crippen LogP contribution in [0.2, 0.25) is 0 Å². The van der Waals surface area contributed by atoms with Crippen molar-refractivity contribution in [1.82, 2.24) is 10.2 Å². The second-order valence-electron chi connectivity index (χ2n) is 7.03. The molecule has 4 atom stereocenters. The zero-order chi connectivity index (χ0) is 14.5. The summed E-state index contributed by atoms with van der Waals surface area (Å²) < 4.78 is 0. The molecule has 2 aliphatic rings. The van der Waals surface area contributed by atoms with Crippen LogP contribution in [0.15, 0.2) is 0 Å². The van der Waals surface area contributed by atoms with Gasteiger partial charge in [-0.15, -0.1) is 0 Å². The van der Waals surface area contributed by atoms with E-state index in [1.165, 1.54) is 38.6 Å². The predicted molar refractivity (Wildman–Crippen MR) is 84.9 cm³/mol. The Kier molecular flexibility index (Phi) is 6.31. The number of rotatable bonds is 6. The minimum Gasteiger partial charge on any atom is -0.393 e. The lowest BCUT2D eigenvalue weighted by atomic mass is 9.87. The Hall–Kier alpha value is -0.120. The highest BCUT2D eigenvalue weighted by atomic mass is 16.3. The summed E-state index contributed by atoms with van der Waals surface area (Å²) in [6.45, 7) is 8.94. The molecule has 118 valence electrons. The maximum absolute atomic E-state index is 10.3. The first-order valence-corrected chi connectivity index (χ1v) is 8.82. The maximum Gasteiger partial charge on any atom is 0.0578 e. The van der Waals surface area contributed by atoms with Gasteiger partial charge in [-0.1, -0.05) is 26.7 Å². The van der Waals surface area contributed by atoms with Crippen LogP contribution in [0.5, 0.6) is 0 Å². The lowest BCUT2D eigenvalue weighted by molar-refractivity contribution is 0.0193. The van der Waals surface area contributed by atoms with Gasteiger partial charge in [-0.25, -0.2) is 0 Å². The molecule has 0 radical (unpaired) electrons. The van der Waals surface area contributed by atoms with Crippen molar-refractivity contribution in [3.05, 3.63) is 0 Å². The fourth-order valence-electron chi connectivity index (χ4n) is 3.95. The van der Waals surface area contributed by atoms with E-state index in [1.54, 1.807) is 0 Å². The van der Waals surface area contributed by atoms with Crippen LogP contribution in [0.25, 0.3) is 0 Å². The van der Waals surface area contributed by atoms with Crippen LogP contribution in [-0.4, -0.2) is 47.3 Å². The second kappa shape index (κ2) is 7.77. The number of aliphatic hydroxyl groups is 1. The molecule has 1 saturated heterocycles. The van der Waals surface area contributed by atoms with E-state index in [1.807, 2.05) is 0 Å². The van der Waals surface area contributed by atoms with Crippen LogP contribution in [0.1, 0.15) is 65.7 Å². The van der Waals surface area contributed by atoms with Crippen LogP contribution in [-0.2, 0) is 0 Å². The van der Waals surface area contributed by atoms with Gasteiger partial charge in [0.05, 0.1) is 6.10 Å². The van der Waals surface area contributed by atoms with Gasteiger partial charge in [-0.05, 0) is 44.9 Å². The third kappa shape index (κ3) is 4.19. The van der Waals surface area contributed by atoms with Gasteiger partial charge in [0.15, 0.2) is 0 Å². The zero-order valence-corrected chi connectivity index (χ0v) is 13.6. The lowest BCUT2D eigenvalue weighted by Gasteiger charge is -2.43. The number of hydrogen-bond donors (Lipinski definition) is 2. The quantitative estimate of drug-likeness (QED) is 0.786. The molecule has 2 fully saturated rings. The Morgan fingerprint density at radius 3 is 2.40 bits per heavy atom. The third-order valence-corrected chi connectivity index (χ3v) is 5.51. The summed E-state index contributed by atoms with van der Waals surface area (Å²) in [7, 11) is 0. The minimum atomic E-state index is -0.130. The monoisotopic (exact) mass is 282 g/mol. The first kappa shape index (κ1) is 16.3. The number of likely N-dealkylation sites (tertiary alicyclic amines) is 1. The average molecular weight is 282 g/mol. The van der Waals surface area contributed by atoms with E-state index < -0.39 is 0 Å². The molecule has 1 aliphatic carbocycles. The summed E-state index contributed by atoms with van der Waals surface area (Å²) in [4.78, 5) is 2.60. The molecular formula is C17H34N2O. The van der Waals surface area contributed by atoms with Gasteiger partial charge in [0.1, 0.15) is 0 Å². The van der Waals surface area contributed by atoms with E-state index in [-0.39, 0.29) is 6.10 Å². The number of nitrogens with one attached hydrogen (secondary N) is 1. The minimum absolute atomic E-state index is 0.130. The summed E-state index contributed by atoms with van der Waals surface area (Å²) in [6, 6.07) is 1.94. The Morgan fingerprint density at radius 1 is 1.10 bits per heavy atom. The van der Waals surface area contributed by atoms with Crippen molar-refractivity contribution >= 4 is 0 Å². The van der Waals surface area contributed by atoms with Crippen LogP contribution in [0.3, 0.4) is 0 Å². The van der Waals surface area contributed by atoms with Crippen LogP contribution < -0.4 is 5.32 Å². The molecule has 0 amide bonds. The molecule has 0 aromatic rings. The summed E-state index contributed by atoms with van der Waals surface area (Å²) in [5, 5.41) is 14.2. The number of aliphatic hydroxyl groups excluding tert-OH is 1. The summed E-state index contributed by atoms with van der Waals surface area (Å²) in [6.07, 6.45) is 8.58. The fraction of sp³-hybridized carbons (Fsp3) is 1.00. The molecule has 1 saturated carbocycles. The summed E-state index contributed by atoms with van der Waals surface area (Å²) in [5.74, 6) is 0.446.